The van der Waals surface area contributed by atoms with Gasteiger partial charge in [0.15, 0.2) is 0 Å². The van der Waals surface area contributed by atoms with Gasteiger partial charge in [-0.25, -0.2) is 0 Å². The van der Waals surface area contributed by atoms with Gasteiger partial charge < -0.3 is 9.88 Å². The Balaban J connectivity index is 1.75. The molecule has 0 radical (unpaired) electrons. The zero-order valence-corrected chi connectivity index (χ0v) is 8.95. The number of hydrogen-bond donors (Lipinski definition) is 1. The van der Waals surface area contributed by atoms with E-state index < -0.39 is 0 Å². The third kappa shape index (κ3) is 1.95. The number of rotatable bonds is 4. The summed E-state index contributed by atoms with van der Waals surface area (Å²) >= 11 is 0. The Bertz CT molecular complexity index is 301. The van der Waals surface area contributed by atoms with Gasteiger partial charge in [-0.05, 0) is 18.3 Å². The zero-order chi connectivity index (χ0) is 10.0. The molecule has 1 aromatic rings. The van der Waals surface area contributed by atoms with Crippen LogP contribution in [0.4, 0.5) is 0 Å². The maximum atomic E-state index is 4.03. The molecule has 14 heavy (non-hydrogen) atoms. The fourth-order valence-corrected chi connectivity index (χ4v) is 1.90. The van der Waals surface area contributed by atoms with Gasteiger partial charge in [0.05, 0.1) is 6.54 Å². The van der Waals surface area contributed by atoms with Crippen LogP contribution in [0.2, 0.25) is 0 Å². The molecular formula is C10H18N4. The first kappa shape index (κ1) is 9.65. The largest absolute Gasteiger partial charge is 0.320 e. The molecule has 0 aromatic carbocycles. The van der Waals surface area contributed by atoms with Crippen molar-refractivity contribution >= 4 is 0 Å². The lowest BCUT2D eigenvalue weighted by Gasteiger charge is -2.38. The average Bonchev–Trinajstić information content (AvgIpc) is 2.49. The summed E-state index contributed by atoms with van der Waals surface area (Å²) < 4.78 is 1.95. The number of hydrogen-bond acceptors (Lipinski definition) is 3. The normalized spacial score (nSPS) is 19.3. The van der Waals surface area contributed by atoms with E-state index in [-0.39, 0.29) is 0 Å². The van der Waals surface area contributed by atoms with E-state index in [9.17, 15) is 0 Å². The van der Waals surface area contributed by atoms with Crippen LogP contribution in [0.5, 0.6) is 0 Å². The molecular weight excluding hydrogens is 176 g/mol. The third-order valence-corrected chi connectivity index (χ3v) is 3.20. The summed E-state index contributed by atoms with van der Waals surface area (Å²) in [5, 5.41) is 11.3. The number of aryl methyl sites for hydroxylation is 1. The lowest BCUT2D eigenvalue weighted by molar-refractivity contribution is 0.156. The third-order valence-electron chi connectivity index (χ3n) is 3.20. The van der Waals surface area contributed by atoms with Crippen molar-refractivity contribution in [1.82, 2.24) is 20.1 Å². The number of nitrogens with one attached hydrogen (secondary N) is 1. The maximum absolute atomic E-state index is 4.03. The zero-order valence-electron chi connectivity index (χ0n) is 8.95. The summed E-state index contributed by atoms with van der Waals surface area (Å²) in [7, 11) is 1.97. The molecule has 2 rings (SSSR count). The van der Waals surface area contributed by atoms with Crippen molar-refractivity contribution < 1.29 is 0 Å². The molecule has 1 aliphatic carbocycles. The molecule has 0 spiro atoms. The van der Waals surface area contributed by atoms with Gasteiger partial charge in [0, 0.05) is 13.6 Å². The second kappa shape index (κ2) is 3.69. The van der Waals surface area contributed by atoms with Crippen LogP contribution in [0.25, 0.3) is 0 Å². The van der Waals surface area contributed by atoms with Crippen molar-refractivity contribution in [3.05, 3.63) is 12.2 Å². The minimum absolute atomic E-state index is 0.540. The molecule has 4 nitrogen and oxygen atoms in total. The molecule has 0 bridgehead atoms. The average molecular weight is 194 g/mol. The molecule has 1 N–H and O–H groups in total. The predicted molar refractivity (Wildman–Crippen MR) is 54.7 cm³/mol. The predicted octanol–water partition coefficient (Wildman–Crippen LogP) is 1.09. The van der Waals surface area contributed by atoms with Gasteiger partial charge >= 0.3 is 0 Å². The van der Waals surface area contributed by atoms with Gasteiger partial charge in [0.25, 0.3) is 0 Å². The molecule has 4 heteroatoms. The molecule has 78 valence electrons. The van der Waals surface area contributed by atoms with Crippen LogP contribution in [0.3, 0.4) is 0 Å². The highest BCUT2D eigenvalue weighted by molar-refractivity contribution is 4.88. The standard InChI is InChI=1S/C10H18N4/c1-10(4-3-5-10)7-11-6-9-13-12-8-14(9)2/h8,11H,3-7H2,1-2H3. The van der Waals surface area contributed by atoms with Gasteiger partial charge in [0.2, 0.25) is 0 Å². The Morgan fingerprint density at radius 1 is 1.57 bits per heavy atom. The first-order chi connectivity index (χ1) is 6.70. The molecule has 1 aliphatic rings. The van der Waals surface area contributed by atoms with E-state index in [1.54, 1.807) is 6.33 Å². The number of aromatic nitrogens is 3. The van der Waals surface area contributed by atoms with E-state index in [2.05, 4.69) is 22.4 Å². The molecule has 0 amide bonds. The highest BCUT2D eigenvalue weighted by Gasteiger charge is 2.30. The lowest BCUT2D eigenvalue weighted by Crippen LogP contribution is -2.37. The smallest absolute Gasteiger partial charge is 0.146 e. The fraction of sp³-hybridized carbons (Fsp3) is 0.800. The van der Waals surface area contributed by atoms with E-state index in [0.29, 0.717) is 5.41 Å². The first-order valence-electron chi connectivity index (χ1n) is 5.23. The molecule has 1 saturated carbocycles. The van der Waals surface area contributed by atoms with Gasteiger partial charge in [-0.2, -0.15) is 0 Å². The lowest BCUT2D eigenvalue weighted by atomic mass is 9.70. The van der Waals surface area contributed by atoms with E-state index in [1.165, 1.54) is 19.3 Å². The first-order valence-corrected chi connectivity index (χ1v) is 5.23. The Labute approximate surface area is 84.7 Å². The maximum Gasteiger partial charge on any atom is 0.146 e. The highest BCUT2D eigenvalue weighted by atomic mass is 15.3. The second-order valence-corrected chi connectivity index (χ2v) is 4.63. The summed E-state index contributed by atoms with van der Waals surface area (Å²) in [6, 6.07) is 0. The molecule has 1 fully saturated rings. The molecule has 0 saturated heterocycles. The van der Waals surface area contributed by atoms with Crippen LogP contribution in [0.15, 0.2) is 6.33 Å². The van der Waals surface area contributed by atoms with Crippen LogP contribution in [0, 0.1) is 5.41 Å². The second-order valence-electron chi connectivity index (χ2n) is 4.63. The summed E-state index contributed by atoms with van der Waals surface area (Å²) in [6.07, 6.45) is 5.85. The summed E-state index contributed by atoms with van der Waals surface area (Å²) in [6.45, 7) is 4.27. The van der Waals surface area contributed by atoms with Crippen molar-refractivity contribution in [2.24, 2.45) is 12.5 Å². The Hall–Kier alpha value is -0.900. The van der Waals surface area contributed by atoms with Crippen molar-refractivity contribution in [3.8, 4) is 0 Å². The van der Waals surface area contributed by atoms with Crippen molar-refractivity contribution in [2.75, 3.05) is 6.54 Å². The summed E-state index contributed by atoms with van der Waals surface area (Å²) in [5.41, 5.74) is 0.540. The number of nitrogens with zero attached hydrogens (tertiary/aromatic N) is 3. The van der Waals surface area contributed by atoms with Gasteiger partial charge in [0.1, 0.15) is 12.2 Å². The SMILES string of the molecule is Cn1cnnc1CNCC1(C)CCC1. The van der Waals surface area contributed by atoms with E-state index in [0.717, 1.165) is 18.9 Å². The van der Waals surface area contributed by atoms with Crippen LogP contribution in [0.1, 0.15) is 32.0 Å². The highest BCUT2D eigenvalue weighted by Crippen LogP contribution is 2.39. The van der Waals surface area contributed by atoms with Crippen molar-refractivity contribution in [2.45, 2.75) is 32.7 Å². The van der Waals surface area contributed by atoms with E-state index in [1.807, 2.05) is 11.6 Å². The van der Waals surface area contributed by atoms with E-state index >= 15 is 0 Å². The Morgan fingerprint density at radius 2 is 2.36 bits per heavy atom. The van der Waals surface area contributed by atoms with Crippen molar-refractivity contribution in [1.29, 1.82) is 0 Å². The molecule has 0 aliphatic heterocycles. The Morgan fingerprint density at radius 3 is 2.86 bits per heavy atom. The van der Waals surface area contributed by atoms with Gasteiger partial charge in [-0.15, -0.1) is 10.2 Å². The Kier molecular flexibility index (Phi) is 2.54. The summed E-state index contributed by atoms with van der Waals surface area (Å²) in [4.78, 5) is 0. The van der Waals surface area contributed by atoms with E-state index in [4.69, 9.17) is 0 Å². The van der Waals surface area contributed by atoms with Gasteiger partial charge in [-0.3, -0.25) is 0 Å². The minimum Gasteiger partial charge on any atom is -0.320 e. The van der Waals surface area contributed by atoms with Crippen LogP contribution in [-0.4, -0.2) is 21.3 Å². The fourth-order valence-electron chi connectivity index (χ4n) is 1.90. The minimum atomic E-state index is 0.540. The van der Waals surface area contributed by atoms with Crippen LogP contribution < -0.4 is 5.32 Å². The van der Waals surface area contributed by atoms with Crippen molar-refractivity contribution in [3.63, 3.8) is 0 Å². The quantitative estimate of drug-likeness (QED) is 0.780. The topological polar surface area (TPSA) is 42.7 Å². The molecule has 0 atom stereocenters. The van der Waals surface area contributed by atoms with Gasteiger partial charge in [-0.1, -0.05) is 13.3 Å². The molecule has 0 unspecified atom stereocenters. The monoisotopic (exact) mass is 194 g/mol. The van der Waals surface area contributed by atoms with Crippen LogP contribution in [-0.2, 0) is 13.6 Å². The molecule has 1 aromatic heterocycles. The summed E-state index contributed by atoms with van der Waals surface area (Å²) in [5.74, 6) is 1.01. The van der Waals surface area contributed by atoms with Crippen LogP contribution >= 0.6 is 0 Å². The molecule has 1 heterocycles.